The van der Waals surface area contributed by atoms with Crippen molar-refractivity contribution in [2.24, 2.45) is 0 Å². The smallest absolute Gasteiger partial charge is 0.250 e. The van der Waals surface area contributed by atoms with Crippen LogP contribution in [0.5, 0.6) is 5.75 Å². The van der Waals surface area contributed by atoms with Gasteiger partial charge in [0.25, 0.3) is 5.91 Å². The van der Waals surface area contributed by atoms with E-state index in [1.54, 1.807) is 48.1 Å². The predicted molar refractivity (Wildman–Crippen MR) is 131 cm³/mol. The van der Waals surface area contributed by atoms with Crippen LogP contribution in [-0.4, -0.2) is 71.9 Å². The number of methoxy groups -OCH3 is 1. The summed E-state index contributed by atoms with van der Waals surface area (Å²) < 4.78 is 5.15. The number of nitrogens with zero attached hydrogens (tertiary/aromatic N) is 3. The van der Waals surface area contributed by atoms with Crippen molar-refractivity contribution in [1.82, 2.24) is 9.80 Å². The van der Waals surface area contributed by atoms with E-state index in [1.807, 2.05) is 30.3 Å². The van der Waals surface area contributed by atoms with Crippen LogP contribution < -0.4 is 15.0 Å². The number of piperidine rings is 1. The van der Waals surface area contributed by atoms with E-state index in [2.05, 4.69) is 10.2 Å². The maximum absolute atomic E-state index is 13.7. The molecule has 2 heterocycles. The van der Waals surface area contributed by atoms with Crippen LogP contribution in [-0.2, 0) is 14.4 Å². The molecule has 2 aromatic rings. The minimum absolute atomic E-state index is 0.0582. The molecule has 0 radical (unpaired) electrons. The van der Waals surface area contributed by atoms with E-state index in [-0.39, 0.29) is 24.3 Å². The molecule has 0 aromatic heterocycles. The minimum Gasteiger partial charge on any atom is -0.497 e. The molecule has 8 nitrogen and oxygen atoms in total. The van der Waals surface area contributed by atoms with Crippen LogP contribution in [0, 0.1) is 0 Å². The van der Waals surface area contributed by atoms with E-state index in [0.29, 0.717) is 44.0 Å². The van der Waals surface area contributed by atoms with Crippen molar-refractivity contribution < 1.29 is 19.1 Å². The minimum atomic E-state index is -0.798. The third kappa shape index (κ3) is 4.68. The maximum atomic E-state index is 13.7. The lowest BCUT2D eigenvalue weighted by Crippen LogP contribution is -2.58. The molecule has 180 valence electrons. The lowest BCUT2D eigenvalue weighted by molar-refractivity contribution is -0.139. The summed E-state index contributed by atoms with van der Waals surface area (Å²) in [5, 5.41) is 2.25. The van der Waals surface area contributed by atoms with Crippen molar-refractivity contribution in [1.29, 1.82) is 0 Å². The van der Waals surface area contributed by atoms with E-state index in [4.69, 9.17) is 16.3 Å². The first-order chi connectivity index (χ1) is 16.3. The normalized spacial score (nSPS) is 18.2. The SMILES string of the molecule is COc1ccc(NC(=O)CN2CN(c3ccccc3)C3(CCN(C(=O)C(C)Cl)CC3)C2=O)cc1. The molecule has 1 spiro atoms. The summed E-state index contributed by atoms with van der Waals surface area (Å²) in [5.74, 6) is 0.213. The number of likely N-dealkylation sites (tertiary alicyclic amines) is 1. The van der Waals surface area contributed by atoms with Crippen LogP contribution >= 0.6 is 11.6 Å². The first kappa shape index (κ1) is 23.9. The lowest BCUT2D eigenvalue weighted by Gasteiger charge is -2.43. The van der Waals surface area contributed by atoms with Gasteiger partial charge in [0.1, 0.15) is 23.2 Å². The first-order valence-electron chi connectivity index (χ1n) is 11.3. The Hall–Kier alpha value is -3.26. The number of carbonyl (C=O) groups is 3. The second-order valence-electron chi connectivity index (χ2n) is 8.66. The van der Waals surface area contributed by atoms with Gasteiger partial charge in [-0.3, -0.25) is 14.4 Å². The highest BCUT2D eigenvalue weighted by molar-refractivity contribution is 6.30. The number of para-hydroxylation sites is 1. The van der Waals surface area contributed by atoms with E-state index < -0.39 is 10.9 Å². The molecule has 2 saturated heterocycles. The van der Waals surface area contributed by atoms with Crippen molar-refractivity contribution in [3.05, 3.63) is 54.6 Å². The summed E-state index contributed by atoms with van der Waals surface area (Å²) in [6.07, 6.45) is 0.958. The molecule has 0 aliphatic carbocycles. The van der Waals surface area contributed by atoms with Gasteiger partial charge in [-0.05, 0) is 56.2 Å². The molecule has 3 amide bonds. The number of amides is 3. The quantitative estimate of drug-likeness (QED) is 0.637. The molecule has 9 heteroatoms. The van der Waals surface area contributed by atoms with E-state index in [9.17, 15) is 14.4 Å². The molecule has 2 fully saturated rings. The molecule has 0 saturated carbocycles. The Morgan fingerprint density at radius 2 is 1.74 bits per heavy atom. The van der Waals surface area contributed by atoms with Gasteiger partial charge in [-0.2, -0.15) is 0 Å². The van der Waals surface area contributed by atoms with Crippen molar-refractivity contribution >= 4 is 40.7 Å². The fourth-order valence-corrected chi connectivity index (χ4v) is 4.86. The van der Waals surface area contributed by atoms with Crippen LogP contribution in [0.3, 0.4) is 0 Å². The Morgan fingerprint density at radius 1 is 1.09 bits per heavy atom. The molecule has 0 bridgehead atoms. The lowest BCUT2D eigenvalue weighted by atomic mass is 9.85. The number of ether oxygens (including phenoxy) is 1. The molecule has 1 unspecified atom stereocenters. The Bertz CT molecular complexity index is 1040. The van der Waals surface area contributed by atoms with Crippen molar-refractivity contribution in [2.75, 3.05) is 43.6 Å². The number of carbonyl (C=O) groups excluding carboxylic acids is 3. The number of rotatable bonds is 6. The highest BCUT2D eigenvalue weighted by atomic mass is 35.5. The summed E-state index contributed by atoms with van der Waals surface area (Å²) in [4.78, 5) is 44.2. The number of hydrogen-bond acceptors (Lipinski definition) is 5. The molecule has 2 aromatic carbocycles. The van der Waals surface area contributed by atoms with E-state index >= 15 is 0 Å². The van der Waals surface area contributed by atoms with Crippen molar-refractivity contribution in [2.45, 2.75) is 30.7 Å². The van der Waals surface area contributed by atoms with Crippen LogP contribution in [0.2, 0.25) is 0 Å². The molecule has 1 N–H and O–H groups in total. The summed E-state index contributed by atoms with van der Waals surface area (Å²) in [7, 11) is 1.58. The zero-order valence-corrected chi connectivity index (χ0v) is 20.1. The third-order valence-corrected chi connectivity index (χ3v) is 6.72. The molecule has 2 aliphatic heterocycles. The van der Waals surface area contributed by atoms with Crippen LogP contribution in [0.25, 0.3) is 0 Å². The second kappa shape index (κ2) is 9.93. The van der Waals surface area contributed by atoms with Gasteiger partial charge in [-0.25, -0.2) is 0 Å². The average Bonchev–Trinajstić information content (AvgIpc) is 3.11. The summed E-state index contributed by atoms with van der Waals surface area (Å²) in [6, 6.07) is 16.8. The van der Waals surface area contributed by atoms with Gasteiger partial charge in [-0.1, -0.05) is 18.2 Å². The van der Waals surface area contributed by atoms with Crippen LogP contribution in [0.15, 0.2) is 54.6 Å². The van der Waals surface area contributed by atoms with Gasteiger partial charge in [-0.15, -0.1) is 11.6 Å². The number of hydrogen-bond donors (Lipinski definition) is 1. The molecule has 4 rings (SSSR count). The summed E-state index contributed by atoms with van der Waals surface area (Å²) in [5.41, 5.74) is 0.752. The van der Waals surface area contributed by atoms with Crippen LogP contribution in [0.1, 0.15) is 19.8 Å². The Labute approximate surface area is 204 Å². The van der Waals surface area contributed by atoms with Gasteiger partial charge in [0.15, 0.2) is 0 Å². The zero-order valence-electron chi connectivity index (χ0n) is 19.4. The molecule has 1 atom stereocenters. The number of halogens is 1. The predicted octanol–water partition coefficient (Wildman–Crippen LogP) is 2.93. The standard InChI is InChI=1S/C25H29ClN4O4/c1-18(26)23(32)28-14-12-25(13-15-28)24(33)29(17-30(25)20-6-4-3-5-7-20)16-22(31)27-19-8-10-21(34-2)11-9-19/h3-11,18H,12-17H2,1-2H3,(H,27,31). The zero-order chi connectivity index (χ0) is 24.3. The fourth-order valence-electron chi connectivity index (χ4n) is 4.72. The Morgan fingerprint density at radius 3 is 2.32 bits per heavy atom. The molecule has 2 aliphatic rings. The van der Waals surface area contributed by atoms with Gasteiger partial charge in [0.2, 0.25) is 11.8 Å². The maximum Gasteiger partial charge on any atom is 0.250 e. The summed E-state index contributed by atoms with van der Waals surface area (Å²) in [6.45, 7) is 2.79. The van der Waals surface area contributed by atoms with E-state index in [1.165, 1.54) is 0 Å². The largest absolute Gasteiger partial charge is 0.497 e. The molecular formula is C25H29ClN4O4. The second-order valence-corrected chi connectivity index (χ2v) is 9.31. The van der Waals surface area contributed by atoms with Gasteiger partial charge in [0.05, 0.1) is 13.8 Å². The fraction of sp³-hybridized carbons (Fsp3) is 0.400. The molecule has 34 heavy (non-hydrogen) atoms. The Kier molecular flexibility index (Phi) is 6.97. The number of alkyl halides is 1. The number of nitrogens with one attached hydrogen (secondary N) is 1. The summed E-state index contributed by atoms with van der Waals surface area (Å²) >= 11 is 6.00. The molecular weight excluding hydrogens is 456 g/mol. The Balaban J connectivity index is 1.51. The number of benzene rings is 2. The van der Waals surface area contributed by atoms with Crippen molar-refractivity contribution in [3.63, 3.8) is 0 Å². The van der Waals surface area contributed by atoms with Gasteiger partial charge < -0.3 is 24.8 Å². The first-order valence-corrected chi connectivity index (χ1v) is 11.8. The van der Waals surface area contributed by atoms with Gasteiger partial charge in [0, 0.05) is 24.5 Å². The monoisotopic (exact) mass is 484 g/mol. The topological polar surface area (TPSA) is 82.2 Å². The van der Waals surface area contributed by atoms with Gasteiger partial charge >= 0.3 is 0 Å². The highest BCUT2D eigenvalue weighted by Gasteiger charge is 2.54. The van der Waals surface area contributed by atoms with Crippen LogP contribution in [0.4, 0.5) is 11.4 Å². The average molecular weight is 485 g/mol. The highest BCUT2D eigenvalue weighted by Crippen LogP contribution is 2.39. The third-order valence-electron chi connectivity index (χ3n) is 6.53. The van der Waals surface area contributed by atoms with E-state index in [0.717, 1.165) is 5.69 Å². The number of anilines is 2. The van der Waals surface area contributed by atoms with Crippen molar-refractivity contribution in [3.8, 4) is 5.75 Å².